The summed E-state index contributed by atoms with van der Waals surface area (Å²) in [6, 6.07) is 0. The standard InChI is InChI=1S/C29H54Si/c1-6-8-13-22(7-2)19-23-20-29(27-17-12-10-15-25(23)27)30(4,5)28-18-21(3)24-14-9-11-16-26(24)28/h21-29H,6-20H2,1-5H3. The van der Waals surface area contributed by atoms with Gasteiger partial charge in [0, 0.05) is 0 Å². The maximum atomic E-state index is 2.90. The van der Waals surface area contributed by atoms with E-state index in [0.29, 0.717) is 0 Å². The van der Waals surface area contributed by atoms with E-state index in [9.17, 15) is 0 Å². The van der Waals surface area contributed by atoms with Crippen molar-refractivity contribution >= 4 is 8.07 Å². The summed E-state index contributed by atoms with van der Waals surface area (Å²) in [7, 11) is -1.22. The largest absolute Gasteiger partial charge is 0.0689 e. The van der Waals surface area contributed by atoms with E-state index in [0.717, 1.165) is 52.5 Å². The van der Waals surface area contributed by atoms with Crippen molar-refractivity contribution in [1.82, 2.24) is 0 Å². The fourth-order valence-corrected chi connectivity index (χ4v) is 15.2. The molecule has 4 fully saturated rings. The molecule has 9 unspecified atom stereocenters. The zero-order valence-corrected chi connectivity index (χ0v) is 22.3. The highest BCUT2D eigenvalue weighted by atomic mass is 28.3. The first-order valence-electron chi connectivity index (χ1n) is 14.5. The molecule has 4 rings (SSSR count). The summed E-state index contributed by atoms with van der Waals surface area (Å²) in [5.74, 6) is 7.63. The van der Waals surface area contributed by atoms with Crippen molar-refractivity contribution in [2.75, 3.05) is 0 Å². The average molecular weight is 431 g/mol. The molecule has 0 saturated heterocycles. The van der Waals surface area contributed by atoms with E-state index < -0.39 is 8.07 Å². The van der Waals surface area contributed by atoms with Gasteiger partial charge in [0.2, 0.25) is 0 Å². The van der Waals surface area contributed by atoms with Gasteiger partial charge >= 0.3 is 0 Å². The van der Waals surface area contributed by atoms with Gasteiger partial charge in [0.05, 0.1) is 8.07 Å². The van der Waals surface area contributed by atoms with Crippen LogP contribution in [0.2, 0.25) is 24.2 Å². The smallest absolute Gasteiger partial charge is 0.0541 e. The van der Waals surface area contributed by atoms with Crippen molar-refractivity contribution in [3.8, 4) is 0 Å². The summed E-state index contributed by atoms with van der Waals surface area (Å²) in [6.45, 7) is 13.3. The Morgan fingerprint density at radius 2 is 1.33 bits per heavy atom. The fraction of sp³-hybridized carbons (Fsp3) is 1.00. The fourth-order valence-electron chi connectivity index (χ4n) is 9.76. The number of rotatable bonds is 8. The molecule has 9 atom stereocenters. The molecule has 0 heterocycles. The third-order valence-electron chi connectivity index (χ3n) is 11.4. The number of hydrogen-bond donors (Lipinski definition) is 0. The van der Waals surface area contributed by atoms with Crippen LogP contribution < -0.4 is 0 Å². The first-order valence-corrected chi connectivity index (χ1v) is 17.6. The highest BCUT2D eigenvalue weighted by Gasteiger charge is 2.56. The molecule has 0 radical (unpaired) electrons. The van der Waals surface area contributed by atoms with Crippen LogP contribution in [0, 0.1) is 41.4 Å². The third-order valence-corrected chi connectivity index (χ3v) is 16.5. The molecule has 0 aromatic carbocycles. The number of hydrogen-bond acceptors (Lipinski definition) is 0. The van der Waals surface area contributed by atoms with Crippen molar-refractivity contribution < 1.29 is 0 Å². The van der Waals surface area contributed by atoms with Gasteiger partial charge in [-0.15, -0.1) is 0 Å². The molecule has 0 amide bonds. The predicted molar refractivity (Wildman–Crippen MR) is 136 cm³/mol. The monoisotopic (exact) mass is 430 g/mol. The Kier molecular flexibility index (Phi) is 7.80. The van der Waals surface area contributed by atoms with Crippen LogP contribution >= 0.6 is 0 Å². The lowest BCUT2D eigenvalue weighted by Gasteiger charge is -2.45. The van der Waals surface area contributed by atoms with Crippen LogP contribution in [0.1, 0.15) is 117 Å². The van der Waals surface area contributed by atoms with Crippen molar-refractivity contribution in [2.45, 2.75) is 141 Å². The van der Waals surface area contributed by atoms with Crippen LogP contribution in [-0.4, -0.2) is 8.07 Å². The molecule has 0 aliphatic heterocycles. The summed E-state index contributed by atoms with van der Waals surface area (Å²) < 4.78 is 0. The first-order chi connectivity index (χ1) is 14.5. The van der Waals surface area contributed by atoms with Gasteiger partial charge in [-0.2, -0.15) is 0 Å². The van der Waals surface area contributed by atoms with Crippen LogP contribution in [0.25, 0.3) is 0 Å². The van der Waals surface area contributed by atoms with Gasteiger partial charge in [-0.05, 0) is 84.6 Å². The van der Waals surface area contributed by atoms with Crippen LogP contribution in [0.15, 0.2) is 0 Å². The van der Waals surface area contributed by atoms with Crippen LogP contribution in [-0.2, 0) is 0 Å². The Balaban J connectivity index is 1.51. The molecule has 1 heteroatoms. The lowest BCUT2D eigenvalue weighted by molar-refractivity contribution is 0.197. The summed E-state index contributed by atoms with van der Waals surface area (Å²) in [4.78, 5) is 0. The molecule has 4 saturated carbocycles. The number of fused-ring (bicyclic) bond motifs is 2. The average Bonchev–Trinajstić information content (AvgIpc) is 3.30. The second-order valence-corrected chi connectivity index (χ2v) is 18.2. The Bertz CT molecular complexity index is 538. The lowest BCUT2D eigenvalue weighted by Crippen LogP contribution is -2.43. The van der Waals surface area contributed by atoms with Gasteiger partial charge in [0.1, 0.15) is 0 Å². The van der Waals surface area contributed by atoms with Gasteiger partial charge in [-0.3, -0.25) is 0 Å². The van der Waals surface area contributed by atoms with E-state index in [1.807, 2.05) is 0 Å². The Labute approximate surface area is 190 Å². The number of unbranched alkanes of at least 4 members (excludes halogenated alkanes) is 1. The molecule has 0 nitrogen and oxygen atoms in total. The van der Waals surface area contributed by atoms with Crippen molar-refractivity contribution in [2.24, 2.45) is 41.4 Å². The molecule has 0 spiro atoms. The molecular formula is C29H54Si. The van der Waals surface area contributed by atoms with Crippen molar-refractivity contribution in [3.05, 3.63) is 0 Å². The Morgan fingerprint density at radius 1 is 0.767 bits per heavy atom. The highest BCUT2D eigenvalue weighted by Crippen LogP contribution is 2.64. The molecule has 0 aromatic heterocycles. The van der Waals surface area contributed by atoms with E-state index in [1.165, 1.54) is 32.1 Å². The van der Waals surface area contributed by atoms with Gasteiger partial charge in [0.15, 0.2) is 0 Å². The topological polar surface area (TPSA) is 0 Å². The Morgan fingerprint density at radius 3 is 1.97 bits per heavy atom. The quantitative estimate of drug-likeness (QED) is 0.336. The Hall–Kier alpha value is 0.217. The van der Waals surface area contributed by atoms with Gasteiger partial charge in [0.25, 0.3) is 0 Å². The van der Waals surface area contributed by atoms with Crippen molar-refractivity contribution in [3.63, 3.8) is 0 Å². The minimum atomic E-state index is -1.22. The van der Waals surface area contributed by atoms with Crippen LogP contribution in [0.5, 0.6) is 0 Å². The summed E-state index contributed by atoms with van der Waals surface area (Å²) in [5.41, 5.74) is 2.32. The molecule has 30 heavy (non-hydrogen) atoms. The maximum Gasteiger partial charge on any atom is 0.0541 e. The molecule has 4 aliphatic carbocycles. The van der Waals surface area contributed by atoms with E-state index in [2.05, 4.69) is 33.9 Å². The zero-order valence-electron chi connectivity index (χ0n) is 21.3. The normalized spacial score (nSPS) is 42.7. The second-order valence-electron chi connectivity index (χ2n) is 13.1. The van der Waals surface area contributed by atoms with E-state index >= 15 is 0 Å². The van der Waals surface area contributed by atoms with Gasteiger partial charge < -0.3 is 0 Å². The van der Waals surface area contributed by atoms with E-state index in [-0.39, 0.29) is 0 Å². The van der Waals surface area contributed by atoms with E-state index in [1.54, 1.807) is 64.2 Å². The van der Waals surface area contributed by atoms with Gasteiger partial charge in [-0.1, -0.05) is 98.1 Å². The van der Waals surface area contributed by atoms with Crippen molar-refractivity contribution in [1.29, 1.82) is 0 Å². The minimum Gasteiger partial charge on any atom is -0.0689 e. The van der Waals surface area contributed by atoms with Crippen LogP contribution in [0.3, 0.4) is 0 Å². The second kappa shape index (κ2) is 10.0. The van der Waals surface area contributed by atoms with Gasteiger partial charge in [-0.25, -0.2) is 0 Å². The van der Waals surface area contributed by atoms with E-state index in [4.69, 9.17) is 0 Å². The predicted octanol–water partition coefficient (Wildman–Crippen LogP) is 9.71. The molecule has 0 bridgehead atoms. The van der Waals surface area contributed by atoms with Crippen LogP contribution in [0.4, 0.5) is 0 Å². The molecule has 0 aromatic rings. The SMILES string of the molecule is CCCCC(CC)CC1CC([Si](C)(C)C2CC(C)C3CCCCC32)C2CCCCC12. The molecule has 4 aliphatic rings. The summed E-state index contributed by atoms with van der Waals surface area (Å²) in [5, 5.41) is 0. The highest BCUT2D eigenvalue weighted by molar-refractivity contribution is 6.80. The summed E-state index contributed by atoms with van der Waals surface area (Å²) in [6.07, 6.45) is 23.2. The minimum absolute atomic E-state index is 1.02. The molecule has 174 valence electrons. The zero-order chi connectivity index (χ0) is 21.3. The lowest BCUT2D eigenvalue weighted by atomic mass is 9.75. The molecular weight excluding hydrogens is 376 g/mol. The summed E-state index contributed by atoms with van der Waals surface area (Å²) >= 11 is 0. The third kappa shape index (κ3) is 4.49. The first kappa shape index (κ1) is 23.4. The maximum absolute atomic E-state index is 2.90. The molecule has 0 N–H and O–H groups in total.